The number of nitrogens with one attached hydrogen (secondary N) is 1. The molecular formula is C11H10ClF3N2. The predicted octanol–water partition coefficient (Wildman–Crippen LogP) is 4.07. The maximum Gasteiger partial charge on any atom is 0.416 e. The fourth-order valence-corrected chi connectivity index (χ4v) is 1.54. The maximum absolute atomic E-state index is 12.5. The van der Waals surface area contributed by atoms with Gasteiger partial charge >= 0.3 is 6.18 Å². The van der Waals surface area contributed by atoms with Crippen LogP contribution in [0.4, 0.5) is 18.9 Å². The summed E-state index contributed by atoms with van der Waals surface area (Å²) in [6, 6.07) is 4.92. The topological polar surface area (TPSA) is 35.8 Å². The lowest BCUT2D eigenvalue weighted by molar-refractivity contribution is -0.137. The van der Waals surface area contributed by atoms with Crippen LogP contribution < -0.4 is 5.32 Å². The first-order valence-corrected chi connectivity index (χ1v) is 5.22. The minimum absolute atomic E-state index is 0.00600. The van der Waals surface area contributed by atoms with E-state index >= 15 is 0 Å². The van der Waals surface area contributed by atoms with Gasteiger partial charge in [-0.2, -0.15) is 18.4 Å². The van der Waals surface area contributed by atoms with Gasteiger partial charge in [0.15, 0.2) is 0 Å². The van der Waals surface area contributed by atoms with Crippen LogP contribution in [0, 0.1) is 11.3 Å². The predicted molar refractivity (Wildman–Crippen MR) is 59.8 cm³/mol. The molecule has 17 heavy (non-hydrogen) atoms. The Balaban J connectivity index is 2.95. The zero-order chi connectivity index (χ0) is 13.1. The lowest BCUT2D eigenvalue weighted by Gasteiger charge is -2.14. The summed E-state index contributed by atoms with van der Waals surface area (Å²) in [6.07, 6.45) is -4.23. The van der Waals surface area contributed by atoms with Gasteiger partial charge in [0.2, 0.25) is 0 Å². The number of anilines is 1. The summed E-state index contributed by atoms with van der Waals surface area (Å²) in [5, 5.41) is 11.3. The molecule has 1 unspecified atom stereocenters. The van der Waals surface area contributed by atoms with Crippen molar-refractivity contribution in [3.63, 3.8) is 0 Å². The Morgan fingerprint density at radius 2 is 2.06 bits per heavy atom. The second kappa shape index (κ2) is 5.28. The largest absolute Gasteiger partial charge is 0.416 e. The molecular weight excluding hydrogens is 253 g/mol. The first-order valence-electron chi connectivity index (χ1n) is 4.84. The Morgan fingerprint density at radius 1 is 1.41 bits per heavy atom. The smallest absolute Gasteiger partial charge is 0.381 e. The molecule has 0 spiro atoms. The van der Waals surface area contributed by atoms with Crippen molar-refractivity contribution in [2.75, 3.05) is 5.32 Å². The highest BCUT2D eigenvalue weighted by Crippen LogP contribution is 2.33. The van der Waals surface area contributed by atoms with Crippen LogP contribution in [-0.2, 0) is 6.18 Å². The van der Waals surface area contributed by atoms with Crippen molar-refractivity contribution in [2.24, 2.45) is 0 Å². The Kier molecular flexibility index (Phi) is 4.24. The van der Waals surface area contributed by atoms with Crippen LogP contribution in [0.1, 0.15) is 18.9 Å². The highest BCUT2D eigenvalue weighted by Gasteiger charge is 2.31. The van der Waals surface area contributed by atoms with Crippen molar-refractivity contribution in [1.82, 2.24) is 0 Å². The van der Waals surface area contributed by atoms with E-state index in [9.17, 15) is 13.2 Å². The quantitative estimate of drug-likeness (QED) is 0.891. The van der Waals surface area contributed by atoms with Crippen molar-refractivity contribution in [2.45, 2.75) is 25.6 Å². The molecule has 1 rings (SSSR count). The number of hydrogen-bond donors (Lipinski definition) is 1. The molecule has 0 saturated heterocycles. The lowest BCUT2D eigenvalue weighted by atomic mass is 10.1. The summed E-state index contributed by atoms with van der Waals surface area (Å²) < 4.78 is 37.5. The molecule has 1 atom stereocenters. The number of benzene rings is 1. The first kappa shape index (κ1) is 13.7. The number of rotatable bonds is 3. The van der Waals surface area contributed by atoms with Gasteiger partial charge in [0, 0.05) is 16.8 Å². The van der Waals surface area contributed by atoms with E-state index in [1.165, 1.54) is 6.07 Å². The van der Waals surface area contributed by atoms with E-state index in [1.54, 1.807) is 6.92 Å². The van der Waals surface area contributed by atoms with Crippen LogP contribution in [0.2, 0.25) is 5.02 Å². The number of nitrogens with zero attached hydrogens (tertiary/aromatic N) is 1. The molecule has 0 radical (unpaired) electrons. The fourth-order valence-electron chi connectivity index (χ4n) is 1.31. The molecule has 1 N–H and O–H groups in total. The van der Waals surface area contributed by atoms with Crippen LogP contribution in [0.3, 0.4) is 0 Å². The van der Waals surface area contributed by atoms with Gasteiger partial charge in [0.25, 0.3) is 0 Å². The Morgan fingerprint density at radius 3 is 2.59 bits per heavy atom. The zero-order valence-electron chi connectivity index (χ0n) is 8.98. The van der Waals surface area contributed by atoms with E-state index in [2.05, 4.69) is 5.32 Å². The summed E-state index contributed by atoms with van der Waals surface area (Å²) in [6.45, 7) is 1.71. The van der Waals surface area contributed by atoms with Gasteiger partial charge in [-0.3, -0.25) is 0 Å². The van der Waals surface area contributed by atoms with E-state index in [0.717, 1.165) is 12.1 Å². The highest BCUT2D eigenvalue weighted by molar-refractivity contribution is 6.30. The van der Waals surface area contributed by atoms with Crippen molar-refractivity contribution in [1.29, 1.82) is 5.26 Å². The van der Waals surface area contributed by atoms with Crippen molar-refractivity contribution < 1.29 is 13.2 Å². The molecule has 0 aromatic heterocycles. The van der Waals surface area contributed by atoms with Crippen LogP contribution in [0.25, 0.3) is 0 Å². The average molecular weight is 263 g/mol. The SMILES string of the molecule is CC(CC#N)Nc1cc(Cl)cc(C(F)(F)F)c1. The van der Waals surface area contributed by atoms with Gasteiger partial charge in [-0.05, 0) is 25.1 Å². The van der Waals surface area contributed by atoms with Gasteiger partial charge in [-0.1, -0.05) is 11.6 Å². The average Bonchev–Trinajstić information content (AvgIpc) is 2.15. The van der Waals surface area contributed by atoms with Crippen molar-refractivity contribution in [3.8, 4) is 6.07 Å². The molecule has 0 heterocycles. The maximum atomic E-state index is 12.5. The van der Waals surface area contributed by atoms with Gasteiger partial charge < -0.3 is 5.32 Å². The van der Waals surface area contributed by atoms with E-state index in [-0.39, 0.29) is 23.2 Å². The zero-order valence-corrected chi connectivity index (χ0v) is 9.73. The minimum atomic E-state index is -4.43. The Labute approximate surface area is 102 Å². The summed E-state index contributed by atoms with van der Waals surface area (Å²) in [5.41, 5.74) is -0.552. The monoisotopic (exact) mass is 262 g/mol. The van der Waals surface area contributed by atoms with Gasteiger partial charge in [-0.25, -0.2) is 0 Å². The molecule has 0 saturated carbocycles. The van der Waals surface area contributed by atoms with E-state index < -0.39 is 11.7 Å². The normalized spacial score (nSPS) is 12.9. The molecule has 92 valence electrons. The van der Waals surface area contributed by atoms with Crippen LogP contribution >= 0.6 is 11.6 Å². The van der Waals surface area contributed by atoms with E-state index in [4.69, 9.17) is 16.9 Å². The molecule has 0 amide bonds. The molecule has 0 fully saturated rings. The van der Waals surface area contributed by atoms with Gasteiger partial charge in [0.1, 0.15) is 0 Å². The van der Waals surface area contributed by atoms with Crippen molar-refractivity contribution >= 4 is 17.3 Å². The van der Waals surface area contributed by atoms with E-state index in [0.29, 0.717) is 0 Å². The summed E-state index contributed by atoms with van der Waals surface area (Å²) in [7, 11) is 0. The van der Waals surface area contributed by atoms with Crippen LogP contribution in [-0.4, -0.2) is 6.04 Å². The standard InChI is InChI=1S/C11H10ClF3N2/c1-7(2-3-16)17-10-5-8(11(13,14)15)4-9(12)6-10/h4-7,17H,2H2,1H3. The summed E-state index contributed by atoms with van der Waals surface area (Å²) in [4.78, 5) is 0. The molecule has 1 aromatic rings. The number of halogens is 4. The van der Waals surface area contributed by atoms with E-state index in [1.807, 2.05) is 6.07 Å². The molecule has 1 aromatic carbocycles. The first-order chi connectivity index (χ1) is 7.82. The number of hydrogen-bond acceptors (Lipinski definition) is 2. The molecule has 0 aliphatic carbocycles. The lowest BCUT2D eigenvalue weighted by Crippen LogP contribution is -2.15. The second-order valence-corrected chi connectivity index (χ2v) is 4.07. The Hall–Kier alpha value is -1.41. The van der Waals surface area contributed by atoms with Gasteiger partial charge in [0.05, 0.1) is 18.1 Å². The Bertz CT molecular complexity index is 437. The number of nitriles is 1. The van der Waals surface area contributed by atoms with Crippen LogP contribution in [0.15, 0.2) is 18.2 Å². The number of alkyl halides is 3. The molecule has 0 bridgehead atoms. The fraction of sp³-hybridized carbons (Fsp3) is 0.364. The summed E-state index contributed by atoms with van der Waals surface area (Å²) in [5.74, 6) is 0. The van der Waals surface area contributed by atoms with Crippen molar-refractivity contribution in [3.05, 3.63) is 28.8 Å². The molecule has 2 nitrogen and oxygen atoms in total. The molecule has 0 aliphatic heterocycles. The van der Waals surface area contributed by atoms with Gasteiger partial charge in [-0.15, -0.1) is 0 Å². The van der Waals surface area contributed by atoms with Crippen LogP contribution in [0.5, 0.6) is 0 Å². The highest BCUT2D eigenvalue weighted by atomic mass is 35.5. The minimum Gasteiger partial charge on any atom is -0.381 e. The third-order valence-electron chi connectivity index (χ3n) is 2.04. The third-order valence-corrected chi connectivity index (χ3v) is 2.25. The molecule has 6 heteroatoms. The second-order valence-electron chi connectivity index (χ2n) is 3.63. The molecule has 0 aliphatic rings. The summed E-state index contributed by atoms with van der Waals surface area (Å²) >= 11 is 5.61. The third kappa shape index (κ3) is 4.16.